The van der Waals surface area contributed by atoms with Crippen LogP contribution < -0.4 is 36.7 Å². The van der Waals surface area contributed by atoms with Crippen LogP contribution in [0, 0.1) is 27.7 Å². The molecule has 0 saturated carbocycles. The molecule has 0 spiro atoms. The number of benzene rings is 5. The van der Waals surface area contributed by atoms with Gasteiger partial charge in [0.2, 0.25) is 0 Å². The second-order valence-corrected chi connectivity index (χ2v) is 18.7. The molecule has 0 fully saturated rings. The third-order valence-corrected chi connectivity index (χ3v) is 15.2. The standard InChI is InChI=1S/C38H37NO2P2/c1-24-8-14-29(15-9-24)42(40)33-20-26(3)12-18-31(33)39-32-19-13-27(4)21-34(32)43(41,30-16-10-25(2)11-17-30)36-23-28(38(5,6)7)22-35(42)37(36)39/h8-23H,1-7H3. The average Bonchev–Trinajstić information content (AvgIpc) is 2.97. The van der Waals surface area contributed by atoms with E-state index in [1.165, 1.54) is 0 Å². The Kier molecular flexibility index (Phi) is 6.17. The minimum absolute atomic E-state index is 0.258. The molecule has 2 atom stereocenters. The van der Waals surface area contributed by atoms with Crippen LogP contribution in [0.2, 0.25) is 0 Å². The first kappa shape index (κ1) is 28.1. The number of nitrogens with zero attached hydrogens (tertiary/aromatic N) is 1. The van der Waals surface area contributed by atoms with Gasteiger partial charge in [0.05, 0.1) is 17.1 Å². The molecule has 0 amide bonds. The fourth-order valence-electron chi connectivity index (χ4n) is 6.59. The molecule has 7 rings (SSSR count). The maximum Gasteiger partial charge on any atom is 0.175 e. The van der Waals surface area contributed by atoms with Crippen LogP contribution in [0.3, 0.4) is 0 Å². The van der Waals surface area contributed by atoms with Crippen molar-refractivity contribution in [2.75, 3.05) is 4.90 Å². The largest absolute Gasteiger partial charge is 0.308 e. The van der Waals surface area contributed by atoms with Crippen LogP contribution >= 0.6 is 14.3 Å². The van der Waals surface area contributed by atoms with E-state index in [4.69, 9.17) is 0 Å². The van der Waals surface area contributed by atoms with Crippen LogP contribution in [-0.2, 0) is 14.5 Å². The van der Waals surface area contributed by atoms with E-state index in [9.17, 15) is 0 Å². The van der Waals surface area contributed by atoms with Crippen LogP contribution in [0.4, 0.5) is 17.1 Å². The lowest BCUT2D eigenvalue weighted by Crippen LogP contribution is -2.46. The zero-order valence-electron chi connectivity index (χ0n) is 25.9. The second kappa shape index (κ2) is 9.43. The second-order valence-electron chi connectivity index (χ2n) is 13.3. The minimum Gasteiger partial charge on any atom is -0.308 e. The van der Waals surface area contributed by atoms with Crippen molar-refractivity contribution in [2.24, 2.45) is 0 Å². The molecule has 0 aliphatic carbocycles. The van der Waals surface area contributed by atoms with Crippen LogP contribution in [0.25, 0.3) is 0 Å². The number of fused-ring (bicyclic) bond motifs is 4. The first-order valence-electron chi connectivity index (χ1n) is 14.9. The van der Waals surface area contributed by atoms with Gasteiger partial charge in [0.25, 0.3) is 0 Å². The Labute approximate surface area is 255 Å². The molecule has 0 bridgehead atoms. The Morgan fingerprint density at radius 1 is 0.488 bits per heavy atom. The van der Waals surface area contributed by atoms with E-state index in [-0.39, 0.29) is 5.41 Å². The van der Waals surface area contributed by atoms with Crippen molar-refractivity contribution in [3.05, 3.63) is 125 Å². The summed E-state index contributed by atoms with van der Waals surface area (Å²) < 4.78 is 32.2. The van der Waals surface area contributed by atoms with Gasteiger partial charge in [-0.2, -0.15) is 0 Å². The van der Waals surface area contributed by atoms with Gasteiger partial charge < -0.3 is 14.0 Å². The average molecular weight is 602 g/mol. The zero-order valence-corrected chi connectivity index (χ0v) is 27.7. The topological polar surface area (TPSA) is 37.4 Å². The van der Waals surface area contributed by atoms with E-state index in [0.717, 1.165) is 76.7 Å². The molecular formula is C38H37NO2P2. The summed E-state index contributed by atoms with van der Waals surface area (Å²) in [4.78, 5) is 2.25. The Balaban J connectivity index is 1.71. The number of hydrogen-bond donors (Lipinski definition) is 0. The number of aryl methyl sites for hydroxylation is 4. The normalized spacial score (nSPS) is 20.3. The van der Waals surface area contributed by atoms with Crippen molar-refractivity contribution < 1.29 is 9.13 Å². The molecule has 5 heteroatoms. The molecule has 2 aliphatic heterocycles. The molecule has 43 heavy (non-hydrogen) atoms. The number of rotatable bonds is 2. The maximum atomic E-state index is 16.1. The molecule has 5 aromatic rings. The Bertz CT molecular complexity index is 1910. The summed E-state index contributed by atoms with van der Waals surface area (Å²) in [6.45, 7) is 14.8. The smallest absolute Gasteiger partial charge is 0.175 e. The predicted molar refractivity (Wildman–Crippen MR) is 185 cm³/mol. The van der Waals surface area contributed by atoms with Crippen LogP contribution in [0.15, 0.2) is 97.1 Å². The summed E-state index contributed by atoms with van der Waals surface area (Å²) in [5.74, 6) is 0. The monoisotopic (exact) mass is 601 g/mol. The molecule has 0 N–H and O–H groups in total. The summed E-state index contributed by atoms with van der Waals surface area (Å²) in [5.41, 5.74) is 7.75. The van der Waals surface area contributed by atoms with Gasteiger partial charge in [0.15, 0.2) is 14.3 Å². The Morgan fingerprint density at radius 2 is 0.860 bits per heavy atom. The first-order valence-corrected chi connectivity index (χ1v) is 18.3. The third kappa shape index (κ3) is 4.02. The van der Waals surface area contributed by atoms with Gasteiger partial charge in [-0.25, -0.2) is 0 Å². The number of hydrogen-bond acceptors (Lipinski definition) is 3. The van der Waals surface area contributed by atoms with E-state index in [0.29, 0.717) is 0 Å². The van der Waals surface area contributed by atoms with Crippen molar-refractivity contribution in [1.82, 2.24) is 0 Å². The SMILES string of the molecule is Cc1ccc(P2(=O)c3cc(C)ccc3N3c4ccc(C)cc4P(=O)(c4ccc(C)cc4)c4cc(C(C)(C)C)cc2c43)cc1. The van der Waals surface area contributed by atoms with Gasteiger partial charge in [-0.3, -0.25) is 0 Å². The molecule has 0 saturated heterocycles. The van der Waals surface area contributed by atoms with Gasteiger partial charge in [-0.05, 0) is 75.1 Å². The summed E-state index contributed by atoms with van der Waals surface area (Å²) in [7, 11) is -6.75. The maximum absolute atomic E-state index is 16.1. The molecular weight excluding hydrogens is 564 g/mol. The van der Waals surface area contributed by atoms with E-state index >= 15 is 9.13 Å². The van der Waals surface area contributed by atoms with E-state index < -0.39 is 14.3 Å². The quantitative estimate of drug-likeness (QED) is 0.192. The Hall–Kier alpha value is -3.64. The summed E-state index contributed by atoms with van der Waals surface area (Å²) in [5, 5.41) is 4.82. The van der Waals surface area contributed by atoms with Gasteiger partial charge in [-0.15, -0.1) is 0 Å². The van der Waals surface area contributed by atoms with Gasteiger partial charge in [0.1, 0.15) is 0 Å². The Morgan fingerprint density at radius 3 is 1.23 bits per heavy atom. The predicted octanol–water partition coefficient (Wildman–Crippen LogP) is 7.59. The lowest BCUT2D eigenvalue weighted by Gasteiger charge is -2.45. The van der Waals surface area contributed by atoms with Crippen molar-refractivity contribution in [3.8, 4) is 0 Å². The van der Waals surface area contributed by atoms with Crippen LogP contribution in [-0.4, -0.2) is 0 Å². The van der Waals surface area contributed by atoms with Gasteiger partial charge >= 0.3 is 0 Å². The fraction of sp³-hybridized carbons (Fsp3) is 0.211. The van der Waals surface area contributed by atoms with E-state index in [1.807, 2.05) is 48.5 Å². The molecule has 2 heterocycles. The highest BCUT2D eigenvalue weighted by Crippen LogP contribution is 2.61. The molecule has 2 unspecified atom stereocenters. The highest BCUT2D eigenvalue weighted by molar-refractivity contribution is 7.88. The van der Waals surface area contributed by atoms with Gasteiger partial charge in [0, 0.05) is 31.8 Å². The summed E-state index contributed by atoms with van der Waals surface area (Å²) in [6.07, 6.45) is 0. The van der Waals surface area contributed by atoms with Crippen LogP contribution in [0.1, 0.15) is 48.6 Å². The zero-order chi connectivity index (χ0) is 30.5. The lowest BCUT2D eigenvalue weighted by molar-refractivity contribution is 0.587. The van der Waals surface area contributed by atoms with Crippen LogP contribution in [0.5, 0.6) is 0 Å². The molecule has 0 aromatic heterocycles. The van der Waals surface area contributed by atoms with Crippen molar-refractivity contribution >= 4 is 63.2 Å². The third-order valence-electron chi connectivity index (χ3n) is 9.06. The van der Waals surface area contributed by atoms with Gasteiger partial charge in [-0.1, -0.05) is 104 Å². The van der Waals surface area contributed by atoms with Crippen molar-refractivity contribution in [1.29, 1.82) is 0 Å². The molecule has 0 radical (unpaired) electrons. The lowest BCUT2D eigenvalue weighted by atomic mass is 9.87. The molecule has 5 aromatic carbocycles. The molecule has 216 valence electrons. The number of anilines is 3. The highest BCUT2D eigenvalue weighted by Gasteiger charge is 2.50. The highest BCUT2D eigenvalue weighted by atomic mass is 31.2. The van der Waals surface area contributed by atoms with E-state index in [2.05, 4.69) is 102 Å². The summed E-state index contributed by atoms with van der Waals surface area (Å²) in [6, 6.07) is 33.2. The van der Waals surface area contributed by atoms with Crippen molar-refractivity contribution in [2.45, 2.75) is 53.9 Å². The first-order chi connectivity index (χ1) is 20.3. The fourth-order valence-corrected chi connectivity index (χ4v) is 12.9. The molecule has 2 aliphatic rings. The molecule has 3 nitrogen and oxygen atoms in total. The van der Waals surface area contributed by atoms with E-state index in [1.54, 1.807) is 0 Å². The van der Waals surface area contributed by atoms with Crippen molar-refractivity contribution in [3.63, 3.8) is 0 Å². The summed E-state index contributed by atoms with van der Waals surface area (Å²) >= 11 is 0. The minimum atomic E-state index is -3.37.